The summed E-state index contributed by atoms with van der Waals surface area (Å²) in [6.45, 7) is 7.57. The summed E-state index contributed by atoms with van der Waals surface area (Å²) in [5, 5.41) is 5.76. The predicted octanol–water partition coefficient (Wildman–Crippen LogP) is 2.44. The molecular weight excluding hydrogens is 280 g/mol. The van der Waals surface area contributed by atoms with Crippen LogP contribution in [-0.2, 0) is 9.53 Å². The van der Waals surface area contributed by atoms with Gasteiger partial charge < -0.3 is 15.4 Å². The van der Waals surface area contributed by atoms with Gasteiger partial charge in [-0.25, -0.2) is 0 Å². The molecule has 1 aliphatic heterocycles. The maximum Gasteiger partial charge on any atom is 0.253 e. The van der Waals surface area contributed by atoms with Crippen LogP contribution in [0.3, 0.4) is 0 Å². The minimum absolute atomic E-state index is 0.114. The Bertz CT molecular complexity index is 543. The average Bonchev–Trinajstić information content (AvgIpc) is 2.97. The SMILES string of the molecule is CC(C)(C)C(=O)Nc1ccccc1C(=O)NCC1CCOC1. The average molecular weight is 304 g/mol. The zero-order valence-electron chi connectivity index (χ0n) is 13.4. The van der Waals surface area contributed by atoms with Crippen LogP contribution in [0.2, 0.25) is 0 Å². The lowest BCUT2D eigenvalue weighted by Crippen LogP contribution is -2.32. The number of hydrogen-bond acceptors (Lipinski definition) is 3. The molecule has 1 unspecified atom stereocenters. The summed E-state index contributed by atoms with van der Waals surface area (Å²) in [6, 6.07) is 7.07. The zero-order chi connectivity index (χ0) is 16.2. The van der Waals surface area contributed by atoms with Crippen LogP contribution in [0, 0.1) is 11.3 Å². The number of nitrogens with one attached hydrogen (secondary N) is 2. The Morgan fingerprint density at radius 1 is 1.27 bits per heavy atom. The van der Waals surface area contributed by atoms with Crippen LogP contribution in [0.15, 0.2) is 24.3 Å². The molecule has 22 heavy (non-hydrogen) atoms. The second-order valence-electron chi connectivity index (χ2n) is 6.69. The topological polar surface area (TPSA) is 67.4 Å². The molecule has 2 amide bonds. The quantitative estimate of drug-likeness (QED) is 0.898. The van der Waals surface area contributed by atoms with E-state index in [2.05, 4.69) is 10.6 Å². The molecule has 5 nitrogen and oxygen atoms in total. The molecule has 0 aromatic heterocycles. The first-order valence-corrected chi connectivity index (χ1v) is 7.64. The van der Waals surface area contributed by atoms with E-state index in [0.29, 0.717) is 30.3 Å². The Morgan fingerprint density at radius 3 is 2.64 bits per heavy atom. The normalized spacial score (nSPS) is 18.0. The van der Waals surface area contributed by atoms with E-state index in [1.807, 2.05) is 20.8 Å². The van der Waals surface area contributed by atoms with Crippen molar-refractivity contribution in [1.82, 2.24) is 5.32 Å². The van der Waals surface area contributed by atoms with Gasteiger partial charge in [-0.15, -0.1) is 0 Å². The molecule has 1 aromatic carbocycles. The molecule has 120 valence electrons. The number of para-hydroxylation sites is 1. The van der Waals surface area contributed by atoms with Gasteiger partial charge in [0, 0.05) is 24.5 Å². The van der Waals surface area contributed by atoms with Crippen LogP contribution < -0.4 is 10.6 Å². The summed E-state index contributed by atoms with van der Waals surface area (Å²) in [4.78, 5) is 24.5. The number of amides is 2. The Kier molecular flexibility index (Phi) is 5.19. The molecule has 1 atom stereocenters. The van der Waals surface area contributed by atoms with E-state index in [4.69, 9.17) is 4.74 Å². The van der Waals surface area contributed by atoms with Gasteiger partial charge in [0.05, 0.1) is 17.9 Å². The number of ether oxygens (including phenoxy) is 1. The number of hydrogen-bond donors (Lipinski definition) is 2. The molecular formula is C17H24N2O3. The van der Waals surface area contributed by atoms with Crippen molar-refractivity contribution in [3.63, 3.8) is 0 Å². The summed E-state index contributed by atoms with van der Waals surface area (Å²) >= 11 is 0. The van der Waals surface area contributed by atoms with Crippen molar-refractivity contribution in [1.29, 1.82) is 0 Å². The molecule has 2 rings (SSSR count). The van der Waals surface area contributed by atoms with E-state index in [1.54, 1.807) is 24.3 Å². The van der Waals surface area contributed by atoms with Crippen molar-refractivity contribution >= 4 is 17.5 Å². The summed E-state index contributed by atoms with van der Waals surface area (Å²) in [7, 11) is 0. The molecule has 1 heterocycles. The molecule has 0 aliphatic carbocycles. The van der Waals surface area contributed by atoms with E-state index >= 15 is 0 Å². The van der Waals surface area contributed by atoms with Crippen LogP contribution in [-0.4, -0.2) is 31.6 Å². The van der Waals surface area contributed by atoms with E-state index in [9.17, 15) is 9.59 Å². The van der Waals surface area contributed by atoms with Gasteiger partial charge in [-0.05, 0) is 18.6 Å². The second-order valence-corrected chi connectivity index (χ2v) is 6.69. The molecule has 0 saturated carbocycles. The van der Waals surface area contributed by atoms with Gasteiger partial charge in [-0.2, -0.15) is 0 Å². The molecule has 5 heteroatoms. The molecule has 1 fully saturated rings. The van der Waals surface area contributed by atoms with E-state index in [0.717, 1.165) is 13.0 Å². The van der Waals surface area contributed by atoms with E-state index in [1.165, 1.54) is 0 Å². The summed E-state index contributed by atoms with van der Waals surface area (Å²) in [5.41, 5.74) is 0.520. The molecule has 1 aliphatic rings. The highest BCUT2D eigenvalue weighted by atomic mass is 16.5. The minimum atomic E-state index is -0.509. The number of carbonyl (C=O) groups excluding carboxylic acids is 2. The van der Waals surface area contributed by atoms with Crippen molar-refractivity contribution in [2.24, 2.45) is 11.3 Å². The van der Waals surface area contributed by atoms with Gasteiger partial charge in [0.25, 0.3) is 5.91 Å². The van der Waals surface area contributed by atoms with Crippen molar-refractivity contribution in [3.05, 3.63) is 29.8 Å². The highest BCUT2D eigenvalue weighted by Gasteiger charge is 2.23. The van der Waals surface area contributed by atoms with E-state index in [-0.39, 0.29) is 11.8 Å². The van der Waals surface area contributed by atoms with Gasteiger partial charge in [0.1, 0.15) is 0 Å². The molecule has 1 saturated heterocycles. The van der Waals surface area contributed by atoms with Gasteiger partial charge in [-0.1, -0.05) is 32.9 Å². The van der Waals surface area contributed by atoms with Crippen LogP contribution in [0.5, 0.6) is 0 Å². The minimum Gasteiger partial charge on any atom is -0.381 e. The van der Waals surface area contributed by atoms with Crippen molar-refractivity contribution in [2.75, 3.05) is 25.1 Å². The van der Waals surface area contributed by atoms with Crippen LogP contribution in [0.4, 0.5) is 5.69 Å². The lowest BCUT2D eigenvalue weighted by atomic mass is 9.95. The molecule has 1 aromatic rings. The summed E-state index contributed by atoms with van der Waals surface area (Å²) < 4.78 is 5.30. The van der Waals surface area contributed by atoms with E-state index < -0.39 is 5.41 Å². The number of rotatable bonds is 4. The van der Waals surface area contributed by atoms with Gasteiger partial charge in [-0.3, -0.25) is 9.59 Å². The smallest absolute Gasteiger partial charge is 0.253 e. The van der Waals surface area contributed by atoms with Gasteiger partial charge >= 0.3 is 0 Å². The fraction of sp³-hybridized carbons (Fsp3) is 0.529. The molecule has 0 radical (unpaired) electrons. The summed E-state index contributed by atoms with van der Waals surface area (Å²) in [6.07, 6.45) is 0.975. The first kappa shape index (κ1) is 16.5. The highest BCUT2D eigenvalue weighted by molar-refractivity contribution is 6.04. The third-order valence-corrected chi connectivity index (χ3v) is 3.68. The lowest BCUT2D eigenvalue weighted by molar-refractivity contribution is -0.123. The Morgan fingerprint density at radius 2 is 2.00 bits per heavy atom. The van der Waals surface area contributed by atoms with Crippen molar-refractivity contribution < 1.29 is 14.3 Å². The Labute approximate surface area is 131 Å². The molecule has 0 bridgehead atoms. The maximum absolute atomic E-state index is 12.4. The largest absolute Gasteiger partial charge is 0.381 e. The first-order valence-electron chi connectivity index (χ1n) is 7.64. The number of benzene rings is 1. The predicted molar refractivity (Wildman–Crippen MR) is 85.8 cm³/mol. The van der Waals surface area contributed by atoms with Gasteiger partial charge in [0.2, 0.25) is 5.91 Å². The first-order chi connectivity index (χ1) is 10.4. The van der Waals surface area contributed by atoms with Crippen LogP contribution in [0.1, 0.15) is 37.6 Å². The monoisotopic (exact) mass is 304 g/mol. The second kappa shape index (κ2) is 6.92. The van der Waals surface area contributed by atoms with Gasteiger partial charge in [0.15, 0.2) is 0 Å². The number of anilines is 1. The molecule has 0 spiro atoms. The number of carbonyl (C=O) groups is 2. The lowest BCUT2D eigenvalue weighted by Gasteiger charge is -2.19. The standard InChI is InChI=1S/C17H24N2O3/c1-17(2,3)16(21)19-14-7-5-4-6-13(14)15(20)18-10-12-8-9-22-11-12/h4-7,12H,8-11H2,1-3H3,(H,18,20)(H,19,21). The highest BCUT2D eigenvalue weighted by Crippen LogP contribution is 2.20. The fourth-order valence-electron chi connectivity index (χ4n) is 2.18. The van der Waals surface area contributed by atoms with Crippen LogP contribution >= 0.6 is 0 Å². The summed E-state index contributed by atoms with van der Waals surface area (Å²) in [5.74, 6) is 0.0916. The maximum atomic E-state index is 12.4. The van der Waals surface area contributed by atoms with Crippen LogP contribution in [0.25, 0.3) is 0 Å². The van der Waals surface area contributed by atoms with Crippen molar-refractivity contribution in [2.45, 2.75) is 27.2 Å². The third-order valence-electron chi connectivity index (χ3n) is 3.68. The Hall–Kier alpha value is -1.88. The third kappa shape index (κ3) is 4.31. The fourth-order valence-corrected chi connectivity index (χ4v) is 2.18. The molecule has 2 N–H and O–H groups in total. The van der Waals surface area contributed by atoms with Crippen molar-refractivity contribution in [3.8, 4) is 0 Å². The Balaban J connectivity index is 2.03. The zero-order valence-corrected chi connectivity index (χ0v) is 13.4.